The highest BCUT2D eigenvalue weighted by Gasteiger charge is 2.27. The Labute approximate surface area is 171 Å². The van der Waals surface area contributed by atoms with E-state index < -0.39 is 42.2 Å². The number of ether oxygens (including phenoxy) is 1. The Bertz CT molecular complexity index is 1260. The molecule has 11 heteroatoms. The third kappa shape index (κ3) is 4.36. The van der Waals surface area contributed by atoms with E-state index in [4.69, 9.17) is 0 Å². The number of sulfone groups is 1. The summed E-state index contributed by atoms with van der Waals surface area (Å²) in [6, 6.07) is 10.2. The molecule has 0 atom stereocenters. The summed E-state index contributed by atoms with van der Waals surface area (Å²) in [6.45, 7) is 1.54. The predicted octanol–water partition coefficient (Wildman–Crippen LogP) is 2.74. The van der Waals surface area contributed by atoms with Crippen LogP contribution in [0.2, 0.25) is 0 Å². The van der Waals surface area contributed by atoms with Gasteiger partial charge < -0.3 is 9.84 Å². The monoisotopic (exact) mass is 455 g/mol. The lowest BCUT2D eigenvalue weighted by atomic mass is 10.1. The van der Waals surface area contributed by atoms with Gasteiger partial charge in [0.2, 0.25) is 0 Å². The zero-order chi connectivity index (χ0) is 21.2. The number of esters is 1. The molecule has 0 radical (unpaired) electrons. The average Bonchev–Trinajstić information content (AvgIpc) is 3.19. The predicted molar refractivity (Wildman–Crippen MR) is 109 cm³/mol. The smallest absolute Gasteiger partial charge is 0.321 e. The van der Waals surface area contributed by atoms with E-state index in [1.54, 1.807) is 29.6 Å². The van der Waals surface area contributed by atoms with Gasteiger partial charge in [-0.2, -0.15) is 0 Å². The number of phenolic OH excluding ortho intramolecular Hbond substituents is 1. The highest BCUT2D eigenvalue weighted by Crippen LogP contribution is 2.38. The van der Waals surface area contributed by atoms with E-state index in [0.29, 0.717) is 5.39 Å². The molecule has 1 heterocycles. The fourth-order valence-corrected chi connectivity index (χ4v) is 6.02. The second-order valence-electron chi connectivity index (χ2n) is 5.92. The number of carbonyl (C=O) groups excluding carboxylic acids is 1. The van der Waals surface area contributed by atoms with Gasteiger partial charge >= 0.3 is 5.97 Å². The Morgan fingerprint density at radius 2 is 1.79 bits per heavy atom. The summed E-state index contributed by atoms with van der Waals surface area (Å²) >= 11 is 1.00. The van der Waals surface area contributed by atoms with Crippen molar-refractivity contribution in [3.05, 3.63) is 47.8 Å². The first-order chi connectivity index (χ1) is 13.7. The van der Waals surface area contributed by atoms with Crippen LogP contribution in [0.5, 0.6) is 5.75 Å². The van der Waals surface area contributed by atoms with E-state index in [2.05, 4.69) is 9.46 Å². The standard InChI is InChI=1S/C18H17NO7S3/c1-2-26-16(20)11-28(22,23)15-10-14(12-6-3-4-7-13(12)18(15)21)19-29(24,25)17-8-5-9-27-17/h3-10,19,21H,2,11H2,1H3. The molecule has 0 spiro atoms. The minimum Gasteiger partial charge on any atom is -0.506 e. The van der Waals surface area contributed by atoms with Crippen LogP contribution in [0, 0.1) is 0 Å². The fraction of sp³-hybridized carbons (Fsp3) is 0.167. The highest BCUT2D eigenvalue weighted by atomic mass is 32.2. The number of thiophene rings is 1. The average molecular weight is 456 g/mol. The molecule has 0 aliphatic rings. The molecule has 3 aromatic rings. The maximum atomic E-state index is 12.7. The first-order valence-electron chi connectivity index (χ1n) is 8.35. The molecule has 3 rings (SSSR count). The quantitative estimate of drug-likeness (QED) is 0.414. The van der Waals surface area contributed by atoms with E-state index >= 15 is 0 Å². The summed E-state index contributed by atoms with van der Waals surface area (Å²) in [5, 5.41) is 12.6. The molecule has 0 saturated carbocycles. The van der Waals surface area contributed by atoms with Crippen molar-refractivity contribution in [2.75, 3.05) is 17.1 Å². The number of nitrogens with one attached hydrogen (secondary N) is 1. The molecule has 0 saturated heterocycles. The minimum absolute atomic E-state index is 0.00389. The maximum Gasteiger partial charge on any atom is 0.321 e. The van der Waals surface area contributed by atoms with Crippen molar-refractivity contribution in [2.24, 2.45) is 0 Å². The molecule has 2 aromatic carbocycles. The lowest BCUT2D eigenvalue weighted by molar-refractivity contribution is -0.139. The molecule has 1 aromatic heterocycles. The number of hydrogen-bond acceptors (Lipinski definition) is 8. The van der Waals surface area contributed by atoms with Crippen LogP contribution < -0.4 is 4.72 Å². The number of carbonyl (C=O) groups is 1. The second kappa shape index (κ2) is 8.01. The number of benzene rings is 2. The molecular weight excluding hydrogens is 438 g/mol. The van der Waals surface area contributed by atoms with Crippen molar-refractivity contribution in [3.63, 3.8) is 0 Å². The van der Waals surface area contributed by atoms with Gasteiger partial charge in [-0.15, -0.1) is 11.3 Å². The lowest BCUT2D eigenvalue weighted by Gasteiger charge is -2.14. The molecule has 0 aliphatic heterocycles. The van der Waals surface area contributed by atoms with Crippen molar-refractivity contribution < 1.29 is 31.5 Å². The van der Waals surface area contributed by atoms with Crippen molar-refractivity contribution >= 4 is 53.6 Å². The number of aromatic hydroxyl groups is 1. The number of anilines is 1. The third-order valence-electron chi connectivity index (χ3n) is 3.93. The van der Waals surface area contributed by atoms with Crippen LogP contribution in [0.15, 0.2) is 56.9 Å². The van der Waals surface area contributed by atoms with Gasteiger partial charge in [-0.25, -0.2) is 16.8 Å². The summed E-state index contributed by atoms with van der Waals surface area (Å²) in [7, 11) is -8.26. The van der Waals surface area contributed by atoms with Gasteiger partial charge in [0.05, 0.1) is 12.3 Å². The first kappa shape index (κ1) is 21.1. The molecule has 0 unspecified atom stereocenters. The second-order valence-corrected chi connectivity index (χ2v) is 10.7. The summed E-state index contributed by atoms with van der Waals surface area (Å²) in [5.41, 5.74) is -0.0331. The van der Waals surface area contributed by atoms with Gasteiger partial charge in [0.15, 0.2) is 15.6 Å². The molecule has 0 amide bonds. The zero-order valence-electron chi connectivity index (χ0n) is 15.2. The van der Waals surface area contributed by atoms with Crippen molar-refractivity contribution in [3.8, 4) is 5.75 Å². The van der Waals surface area contributed by atoms with Crippen LogP contribution in [0.25, 0.3) is 10.8 Å². The summed E-state index contributed by atoms with van der Waals surface area (Å²) in [4.78, 5) is 11.1. The molecule has 29 heavy (non-hydrogen) atoms. The largest absolute Gasteiger partial charge is 0.506 e. The Morgan fingerprint density at radius 1 is 1.10 bits per heavy atom. The van der Waals surface area contributed by atoms with Crippen molar-refractivity contribution in [1.29, 1.82) is 0 Å². The minimum atomic E-state index is -4.29. The number of phenols is 1. The fourth-order valence-electron chi connectivity index (χ4n) is 2.70. The topological polar surface area (TPSA) is 127 Å². The van der Waals surface area contributed by atoms with Crippen LogP contribution in [-0.4, -0.2) is 40.3 Å². The van der Waals surface area contributed by atoms with Gasteiger partial charge in [0.1, 0.15) is 14.9 Å². The highest BCUT2D eigenvalue weighted by molar-refractivity contribution is 7.94. The summed E-state index contributed by atoms with van der Waals surface area (Å²) in [6.07, 6.45) is 0. The summed E-state index contributed by atoms with van der Waals surface area (Å²) in [5.74, 6) is -2.52. The SMILES string of the molecule is CCOC(=O)CS(=O)(=O)c1cc(NS(=O)(=O)c2cccs2)c2ccccc2c1O. The van der Waals surface area contributed by atoms with Gasteiger partial charge in [0.25, 0.3) is 10.0 Å². The molecule has 154 valence electrons. The van der Waals surface area contributed by atoms with E-state index in [9.17, 15) is 26.7 Å². The molecule has 8 nitrogen and oxygen atoms in total. The van der Waals surface area contributed by atoms with Crippen molar-refractivity contribution in [1.82, 2.24) is 0 Å². The Balaban J connectivity index is 2.16. The van der Waals surface area contributed by atoms with Crippen molar-refractivity contribution in [2.45, 2.75) is 16.0 Å². The number of fused-ring (bicyclic) bond motifs is 1. The molecule has 2 N–H and O–H groups in total. The number of rotatable bonds is 7. The van der Waals surface area contributed by atoms with Crippen LogP contribution in [0.3, 0.4) is 0 Å². The Morgan fingerprint density at radius 3 is 2.41 bits per heavy atom. The third-order valence-corrected chi connectivity index (χ3v) is 8.29. The van der Waals surface area contributed by atoms with Gasteiger partial charge in [-0.3, -0.25) is 9.52 Å². The molecular formula is C18H17NO7S3. The van der Waals surface area contributed by atoms with Gasteiger partial charge in [-0.05, 0) is 24.4 Å². The maximum absolute atomic E-state index is 12.7. The molecule has 0 fully saturated rings. The van der Waals surface area contributed by atoms with E-state index in [1.807, 2.05) is 0 Å². The van der Waals surface area contributed by atoms with E-state index in [-0.39, 0.29) is 21.9 Å². The Hall–Kier alpha value is -2.63. The van der Waals surface area contributed by atoms with E-state index in [1.165, 1.54) is 19.1 Å². The van der Waals surface area contributed by atoms with Crippen LogP contribution in [0.1, 0.15) is 6.92 Å². The normalized spacial score (nSPS) is 12.0. The van der Waals surface area contributed by atoms with Crippen LogP contribution >= 0.6 is 11.3 Å². The first-order valence-corrected chi connectivity index (χ1v) is 12.4. The van der Waals surface area contributed by atoms with Gasteiger partial charge in [0, 0.05) is 10.8 Å². The lowest BCUT2D eigenvalue weighted by Crippen LogP contribution is -2.19. The van der Waals surface area contributed by atoms with Gasteiger partial charge in [-0.1, -0.05) is 30.3 Å². The van der Waals surface area contributed by atoms with Crippen LogP contribution in [0.4, 0.5) is 5.69 Å². The number of sulfonamides is 1. The zero-order valence-corrected chi connectivity index (χ0v) is 17.6. The molecule has 0 aliphatic carbocycles. The molecule has 0 bridgehead atoms. The summed E-state index contributed by atoms with van der Waals surface area (Å²) < 4.78 is 57.7. The number of hydrogen-bond donors (Lipinski definition) is 2. The Kier molecular flexibility index (Phi) is 5.82. The van der Waals surface area contributed by atoms with E-state index in [0.717, 1.165) is 17.4 Å². The van der Waals surface area contributed by atoms with Crippen LogP contribution in [-0.2, 0) is 29.4 Å².